The molecule has 1 saturated heterocycles. The van der Waals surface area contributed by atoms with Crippen molar-refractivity contribution < 1.29 is 19.4 Å². The largest absolute Gasteiger partial charge is 0.507 e. The van der Waals surface area contributed by atoms with E-state index in [1.165, 1.54) is 0 Å². The summed E-state index contributed by atoms with van der Waals surface area (Å²) in [6, 6.07) is 13.4. The van der Waals surface area contributed by atoms with Gasteiger partial charge in [0.2, 0.25) is 0 Å². The minimum atomic E-state index is -0.201. The van der Waals surface area contributed by atoms with Crippen LogP contribution in [0.3, 0.4) is 0 Å². The number of nitrogens with one attached hydrogen (secondary N) is 3. The molecular formula is C27H38N4O4. The van der Waals surface area contributed by atoms with Gasteiger partial charge >= 0.3 is 12.1 Å². The van der Waals surface area contributed by atoms with Crippen LogP contribution in [0, 0.1) is 0 Å². The van der Waals surface area contributed by atoms with E-state index in [4.69, 9.17) is 4.74 Å². The van der Waals surface area contributed by atoms with E-state index in [0.717, 1.165) is 35.1 Å². The Labute approximate surface area is 208 Å². The lowest BCUT2D eigenvalue weighted by molar-refractivity contribution is 0.0532. The highest BCUT2D eigenvalue weighted by Gasteiger charge is 2.22. The van der Waals surface area contributed by atoms with Crippen LogP contribution in [0.1, 0.15) is 44.7 Å². The van der Waals surface area contributed by atoms with E-state index in [2.05, 4.69) is 35.9 Å². The predicted octanol–water partition coefficient (Wildman–Crippen LogP) is 3.98. The van der Waals surface area contributed by atoms with E-state index in [0.29, 0.717) is 45.9 Å². The van der Waals surface area contributed by atoms with Crippen molar-refractivity contribution in [1.29, 1.82) is 0 Å². The molecule has 1 heterocycles. The molecule has 4 amide bonds. The van der Waals surface area contributed by atoms with Gasteiger partial charge in [-0.1, -0.05) is 44.2 Å². The molecule has 1 aliphatic heterocycles. The summed E-state index contributed by atoms with van der Waals surface area (Å²) in [4.78, 5) is 25.7. The normalized spacial score (nSPS) is 13.9. The third kappa shape index (κ3) is 7.62. The highest BCUT2D eigenvalue weighted by molar-refractivity contribution is 5.75. The number of phenolic OH excluding ortho intramolecular Hbond substituents is 1. The fourth-order valence-electron chi connectivity index (χ4n) is 4.20. The SMILES string of the molecule is CCNC(=O)NCc1cccc(-c2ccc(C(C)(C)CCCNC(=O)N3CCOCC3)cc2O)c1. The molecule has 8 heteroatoms. The summed E-state index contributed by atoms with van der Waals surface area (Å²) in [5, 5.41) is 19.4. The monoisotopic (exact) mass is 482 g/mol. The Kier molecular flexibility index (Phi) is 9.37. The summed E-state index contributed by atoms with van der Waals surface area (Å²) in [7, 11) is 0. The Bertz CT molecular complexity index is 1000. The van der Waals surface area contributed by atoms with Crippen LogP contribution >= 0.6 is 0 Å². The minimum absolute atomic E-state index is 0.0310. The van der Waals surface area contributed by atoms with Gasteiger partial charge in [0.1, 0.15) is 5.75 Å². The van der Waals surface area contributed by atoms with Crippen molar-refractivity contribution in [2.24, 2.45) is 0 Å². The second kappa shape index (κ2) is 12.4. The molecule has 3 rings (SSSR count). The second-order valence-electron chi connectivity index (χ2n) is 9.46. The standard InChI is InChI=1S/C27H38N4O4/c1-4-28-25(33)30-19-20-7-5-8-21(17-20)23-10-9-22(18-24(23)32)27(2,3)11-6-12-29-26(34)31-13-15-35-16-14-31/h5,7-10,17-18,32H,4,6,11-16,19H2,1-3H3,(H,29,34)(H2,28,30,33). The number of nitrogens with zero attached hydrogens (tertiary/aromatic N) is 1. The molecule has 0 spiro atoms. The van der Waals surface area contributed by atoms with Gasteiger partial charge in [-0.25, -0.2) is 9.59 Å². The average molecular weight is 483 g/mol. The van der Waals surface area contributed by atoms with Gasteiger partial charge in [0.15, 0.2) is 0 Å². The molecule has 0 atom stereocenters. The van der Waals surface area contributed by atoms with Crippen LogP contribution in [0.4, 0.5) is 9.59 Å². The van der Waals surface area contributed by atoms with Crippen molar-refractivity contribution in [2.75, 3.05) is 39.4 Å². The van der Waals surface area contributed by atoms with Gasteiger partial charge in [-0.3, -0.25) is 0 Å². The first-order valence-corrected chi connectivity index (χ1v) is 12.3. The summed E-state index contributed by atoms with van der Waals surface area (Å²) < 4.78 is 5.29. The lowest BCUT2D eigenvalue weighted by Gasteiger charge is -2.28. The number of hydrogen-bond donors (Lipinski definition) is 4. The van der Waals surface area contributed by atoms with E-state index >= 15 is 0 Å². The van der Waals surface area contributed by atoms with Crippen LogP contribution in [-0.2, 0) is 16.7 Å². The van der Waals surface area contributed by atoms with Crippen molar-refractivity contribution >= 4 is 12.1 Å². The average Bonchev–Trinajstić information content (AvgIpc) is 2.86. The minimum Gasteiger partial charge on any atom is -0.507 e. The molecule has 1 fully saturated rings. The number of urea groups is 2. The summed E-state index contributed by atoms with van der Waals surface area (Å²) in [6.45, 7) is 10.2. The molecule has 1 aliphatic rings. The van der Waals surface area contributed by atoms with E-state index < -0.39 is 0 Å². The number of rotatable bonds is 9. The maximum absolute atomic E-state index is 12.2. The van der Waals surface area contributed by atoms with Gasteiger partial charge in [0.05, 0.1) is 13.2 Å². The van der Waals surface area contributed by atoms with Crippen molar-refractivity contribution in [3.63, 3.8) is 0 Å². The van der Waals surface area contributed by atoms with Gasteiger partial charge in [-0.2, -0.15) is 0 Å². The molecule has 190 valence electrons. The Morgan fingerprint density at radius 3 is 2.54 bits per heavy atom. The number of phenols is 1. The Balaban J connectivity index is 1.57. The molecule has 0 saturated carbocycles. The van der Waals surface area contributed by atoms with Crippen LogP contribution < -0.4 is 16.0 Å². The third-order valence-corrected chi connectivity index (χ3v) is 6.36. The molecule has 8 nitrogen and oxygen atoms in total. The van der Waals surface area contributed by atoms with Gasteiger partial charge in [0, 0.05) is 38.3 Å². The maximum atomic E-state index is 12.2. The summed E-state index contributed by atoms with van der Waals surface area (Å²) in [5.41, 5.74) is 3.50. The molecule has 2 aromatic carbocycles. The lowest BCUT2D eigenvalue weighted by atomic mass is 9.80. The van der Waals surface area contributed by atoms with Crippen LogP contribution in [-0.4, -0.2) is 61.5 Å². The highest BCUT2D eigenvalue weighted by Crippen LogP contribution is 2.36. The van der Waals surface area contributed by atoms with E-state index in [1.807, 2.05) is 43.3 Å². The highest BCUT2D eigenvalue weighted by atomic mass is 16.5. The summed E-state index contributed by atoms with van der Waals surface area (Å²) >= 11 is 0. The molecule has 4 N–H and O–H groups in total. The van der Waals surface area contributed by atoms with E-state index in [-0.39, 0.29) is 23.2 Å². The van der Waals surface area contributed by atoms with Gasteiger partial charge in [-0.15, -0.1) is 0 Å². The fraction of sp³-hybridized carbons (Fsp3) is 0.481. The quantitative estimate of drug-likeness (QED) is 0.406. The van der Waals surface area contributed by atoms with Crippen LogP contribution in [0.15, 0.2) is 42.5 Å². The third-order valence-electron chi connectivity index (χ3n) is 6.36. The fourth-order valence-corrected chi connectivity index (χ4v) is 4.20. The number of benzene rings is 2. The van der Waals surface area contributed by atoms with Crippen LogP contribution in [0.25, 0.3) is 11.1 Å². The maximum Gasteiger partial charge on any atom is 0.317 e. The molecular weight excluding hydrogens is 444 g/mol. The first-order valence-electron chi connectivity index (χ1n) is 12.3. The zero-order valence-corrected chi connectivity index (χ0v) is 21.0. The molecule has 0 bridgehead atoms. The van der Waals surface area contributed by atoms with Gasteiger partial charge < -0.3 is 30.7 Å². The molecule has 0 aromatic heterocycles. The molecule has 35 heavy (non-hydrogen) atoms. The number of carbonyl (C=O) groups is 2. The molecule has 0 radical (unpaired) electrons. The summed E-state index contributed by atoms with van der Waals surface area (Å²) in [6.07, 6.45) is 1.71. The lowest BCUT2D eigenvalue weighted by Crippen LogP contribution is -2.46. The predicted molar refractivity (Wildman–Crippen MR) is 138 cm³/mol. The molecule has 0 unspecified atom stereocenters. The van der Waals surface area contributed by atoms with E-state index in [9.17, 15) is 14.7 Å². The molecule has 2 aromatic rings. The number of morpholine rings is 1. The second-order valence-corrected chi connectivity index (χ2v) is 9.46. The summed E-state index contributed by atoms with van der Waals surface area (Å²) in [5.74, 6) is 0.227. The van der Waals surface area contributed by atoms with Gasteiger partial charge in [-0.05, 0) is 54.0 Å². The van der Waals surface area contributed by atoms with Crippen molar-refractivity contribution in [2.45, 2.75) is 45.6 Å². The topological polar surface area (TPSA) is 103 Å². The number of amides is 4. The van der Waals surface area contributed by atoms with E-state index in [1.54, 1.807) is 4.90 Å². The van der Waals surface area contributed by atoms with Crippen LogP contribution in [0.5, 0.6) is 5.75 Å². The number of hydrogen-bond acceptors (Lipinski definition) is 4. The van der Waals surface area contributed by atoms with Crippen molar-refractivity contribution in [3.8, 4) is 16.9 Å². The van der Waals surface area contributed by atoms with Crippen molar-refractivity contribution in [1.82, 2.24) is 20.9 Å². The number of carbonyl (C=O) groups excluding carboxylic acids is 2. The number of ether oxygens (including phenoxy) is 1. The Morgan fingerprint density at radius 2 is 1.83 bits per heavy atom. The Hall–Kier alpha value is -3.26. The first kappa shape index (κ1) is 26.3. The van der Waals surface area contributed by atoms with Crippen LogP contribution in [0.2, 0.25) is 0 Å². The van der Waals surface area contributed by atoms with Gasteiger partial charge in [0.25, 0.3) is 0 Å². The first-order chi connectivity index (χ1) is 16.8. The zero-order chi connectivity index (χ0) is 25.3. The number of aromatic hydroxyl groups is 1. The molecule has 0 aliphatic carbocycles. The zero-order valence-electron chi connectivity index (χ0n) is 21.0. The smallest absolute Gasteiger partial charge is 0.317 e. The Morgan fingerprint density at radius 1 is 1.06 bits per heavy atom. The van der Waals surface area contributed by atoms with Crippen molar-refractivity contribution in [3.05, 3.63) is 53.6 Å².